The minimum absolute atomic E-state index is 0. The first kappa shape index (κ1) is 171. The standard InChI is InChI=1S/C10H12.C8H13NO.C8H8O2.C6H13N.C6H12O.C5H10N2O.C5H9N.C5H11N.C5H10O.C5H10S.C4H10N2.C4H9NO.C4H9NS.C4H9N.C4H8O2.15C2H6.5CH4/c1-2-6-10-8-4-3-7-9(10)5-1;1-2-8-6-4-9-3-5(6)7(1)10-8;1-2-4-8-7(3-1)9-5-6-10-8;2*1-2-4-6-7-5-3-1;8-5-7-3-1-6-2-4-7;1-4-2-6-3-5(1)4;3*1-2-4-6-5-3-1;1-2-6-4-3-5-1;2*1-3-6-4-2-5-1;1-2-4-5-3-1;1-2-5-4-6-3-1;15*1-2;;;;;/h1-2,5-6H,3-4,7-8H2;5-9H,1-4H2;1-4H,5-6H2;7H,1-6H2;1-6H2;5-6H,1-4H2;4-6H,1-3H2;6H,1-5H2;2*1-5H2;5-6H,1-4H2;2*5H,1-4H2;5H,1-4H2;1-4H2;15*1-2H3;5*1H4. The first-order valence-corrected chi connectivity index (χ1v) is 60.0. The summed E-state index contributed by atoms with van der Waals surface area (Å²) in [6, 6.07) is 16.5. The number of amides is 1. The Labute approximate surface area is 890 Å². The van der Waals surface area contributed by atoms with Crippen molar-refractivity contribution in [1.82, 2.24) is 58.1 Å². The molecule has 20 rings (SSSR count). The molecular weight excluding hydrogens is 1780 g/mol. The van der Waals surface area contributed by atoms with Crippen molar-refractivity contribution in [3.8, 4) is 11.5 Å². The van der Waals surface area contributed by atoms with Crippen LogP contribution in [-0.2, 0) is 46.1 Å². The Morgan fingerprint density at radius 3 is 0.800 bits per heavy atom. The van der Waals surface area contributed by atoms with E-state index in [1.165, 1.54) is 268 Å². The van der Waals surface area contributed by atoms with Crippen molar-refractivity contribution < 1.29 is 42.7 Å². The molecule has 1 saturated carbocycles. The molecule has 15 saturated heterocycles. The number of nitrogens with one attached hydrogen (secondary N) is 10. The van der Waals surface area contributed by atoms with Crippen molar-refractivity contribution in [2.75, 3.05) is 240 Å². The van der Waals surface area contributed by atoms with Gasteiger partial charge in [-0.15, -0.1) is 0 Å². The van der Waals surface area contributed by atoms with Gasteiger partial charge in [-0.25, -0.2) is 0 Å². The SMILES string of the molecule is C.C.C.C.C.C1CC2OC1C1CNCC21.C1CCCNCC1.C1CCCOCC1.C1CCNC1.C1CCNCC1.C1CCOCC1.C1CCSCC1.C1CNCCN1.C1COCCN1.C1COCOC1.C1CSCCN1.C1NCC2CC12.CC.CC.CC.CC.CC.CC.CC.CC.CC.CC.CC.CC.CC.CC.CC.O=CN1CCNCC1.c1ccc2c(c1)CCCC2.c1ccc2c(c1)OCCO2. The highest BCUT2D eigenvalue weighted by molar-refractivity contribution is 7.99. The topological polar surface area (TPSA) is 214 Å². The first-order chi connectivity index (χ1) is 67.3. The number of fused-ring (bicyclic) bond motifs is 8. The molecule has 2 aromatic carbocycles. The third-order valence-electron chi connectivity index (χ3n) is 20.7. The number of nitrogens with zero attached hydrogens (tertiary/aromatic N) is 1. The molecule has 0 spiro atoms. The molecule has 16 fully saturated rings. The molecule has 2 aliphatic carbocycles. The molecule has 1 amide bonds. The molecule has 2 aromatic rings. The lowest BCUT2D eigenvalue weighted by molar-refractivity contribution is -0.118. The Hall–Kier alpha value is -2.43. The summed E-state index contributed by atoms with van der Waals surface area (Å²) in [4.78, 5) is 11.8. The average molecular weight is 2040 g/mol. The summed E-state index contributed by atoms with van der Waals surface area (Å²) < 4.78 is 41.4. The normalized spacial score (nSPS) is 20.9. The van der Waals surface area contributed by atoms with Crippen molar-refractivity contribution in [3.05, 3.63) is 59.7 Å². The van der Waals surface area contributed by atoms with Crippen LogP contribution in [0.15, 0.2) is 48.5 Å². The molecule has 140 heavy (non-hydrogen) atoms. The van der Waals surface area contributed by atoms with Crippen LogP contribution in [0.5, 0.6) is 11.5 Å². The second kappa shape index (κ2) is 164. The number of ether oxygens (including phenoxy) is 8. The summed E-state index contributed by atoms with van der Waals surface area (Å²) in [5.74, 6) is 11.1. The third kappa shape index (κ3) is 119. The van der Waals surface area contributed by atoms with E-state index in [4.69, 9.17) is 37.9 Å². The molecule has 18 aliphatic rings. The fraction of sp³-hybridized carbons (Fsp3) is 0.890. The fourth-order valence-electron chi connectivity index (χ4n) is 14.3. The van der Waals surface area contributed by atoms with Crippen LogP contribution in [0.25, 0.3) is 0 Å². The lowest BCUT2D eigenvalue weighted by atomic mass is 9.82. The second-order valence-electron chi connectivity index (χ2n) is 29.5. The van der Waals surface area contributed by atoms with Crippen LogP contribution in [0.1, 0.15) is 416 Å². The second-order valence-corrected chi connectivity index (χ2v) is 32.0. The molecule has 6 unspecified atom stereocenters. The Kier molecular flexibility index (Phi) is 201. The van der Waals surface area contributed by atoms with E-state index in [9.17, 15) is 4.79 Å². The highest BCUT2D eigenvalue weighted by atomic mass is 32.2. The van der Waals surface area contributed by atoms with E-state index >= 15 is 0 Å². The Morgan fingerprint density at radius 1 is 0.271 bits per heavy atom. The summed E-state index contributed by atoms with van der Waals surface area (Å²) in [5, 5.41) is 32.6. The van der Waals surface area contributed by atoms with E-state index in [1.54, 1.807) is 16.0 Å². The summed E-state index contributed by atoms with van der Waals surface area (Å²) in [6.45, 7) is 94.6. The predicted octanol–water partition coefficient (Wildman–Crippen LogP) is 28.7. The van der Waals surface area contributed by atoms with Crippen LogP contribution in [-0.4, -0.2) is 263 Å². The number of rotatable bonds is 1. The smallest absolute Gasteiger partial charge is 0.209 e. The maximum atomic E-state index is 10.1. The van der Waals surface area contributed by atoms with Gasteiger partial charge in [0.25, 0.3) is 0 Å². The average Bonchev–Trinajstić information content (AvgIpc) is 1.62. The summed E-state index contributed by atoms with van der Waals surface area (Å²) in [7, 11) is 0. The number of piperidine rings is 2. The number of benzene rings is 2. The minimum atomic E-state index is 0. The number of hydrogen-bond donors (Lipinski definition) is 10. The van der Waals surface area contributed by atoms with Crippen LogP contribution >= 0.6 is 23.5 Å². The molecule has 10 N–H and O–H groups in total. The van der Waals surface area contributed by atoms with E-state index in [0.29, 0.717) is 32.2 Å². The van der Waals surface area contributed by atoms with Gasteiger partial charge in [0.05, 0.1) is 38.6 Å². The van der Waals surface area contributed by atoms with Gasteiger partial charge < -0.3 is 96.0 Å². The summed E-state index contributed by atoms with van der Waals surface area (Å²) >= 11 is 4.13. The Bertz CT molecular complexity index is 1850. The van der Waals surface area contributed by atoms with Gasteiger partial charge in [0.2, 0.25) is 6.41 Å². The van der Waals surface area contributed by atoms with Gasteiger partial charge in [0, 0.05) is 141 Å². The predicted molar refractivity (Wildman–Crippen MR) is 643 cm³/mol. The highest BCUT2D eigenvalue weighted by Gasteiger charge is 2.50. The number of carbonyl (C=O) groups excluding carboxylic acids is 1. The molecule has 6 atom stereocenters. The number of carbonyl (C=O) groups is 1. The van der Waals surface area contributed by atoms with Crippen LogP contribution in [0.3, 0.4) is 0 Å². The zero-order valence-electron chi connectivity index (χ0n) is 95.9. The molecule has 0 radical (unpaired) electrons. The van der Waals surface area contributed by atoms with Crippen molar-refractivity contribution >= 4 is 29.9 Å². The highest BCUT2D eigenvalue weighted by Crippen LogP contribution is 2.45. The van der Waals surface area contributed by atoms with Gasteiger partial charge in [-0.1, -0.05) is 320 Å². The van der Waals surface area contributed by atoms with Gasteiger partial charge in [0.1, 0.15) is 20.0 Å². The number of piperazine rings is 2. The van der Waals surface area contributed by atoms with E-state index in [0.717, 1.165) is 166 Å². The van der Waals surface area contributed by atoms with Crippen LogP contribution < -0.4 is 62.6 Å². The van der Waals surface area contributed by atoms with Crippen LogP contribution in [0.4, 0.5) is 0 Å². The molecule has 16 aliphatic heterocycles. The monoisotopic (exact) mass is 2040 g/mol. The number of aryl methyl sites for hydroxylation is 2. The van der Waals surface area contributed by atoms with Crippen molar-refractivity contribution in [3.63, 3.8) is 0 Å². The number of para-hydroxylation sites is 2. The summed E-state index contributed by atoms with van der Waals surface area (Å²) in [6.07, 6.45) is 39.1. The van der Waals surface area contributed by atoms with E-state index in [1.807, 2.05) is 244 Å². The lowest BCUT2D eigenvalue weighted by Gasteiger charge is -2.22. The molecular formula is C118H263N11O9S2. The van der Waals surface area contributed by atoms with Gasteiger partial charge in [-0.2, -0.15) is 23.5 Å². The van der Waals surface area contributed by atoms with Crippen LogP contribution in [0, 0.1) is 23.7 Å². The quantitative estimate of drug-likeness (QED) is 0.120. The van der Waals surface area contributed by atoms with Gasteiger partial charge in [0.15, 0.2) is 11.5 Å². The van der Waals surface area contributed by atoms with Gasteiger partial charge in [-0.3, -0.25) is 4.79 Å². The van der Waals surface area contributed by atoms with Crippen molar-refractivity contribution in [2.45, 2.75) is 430 Å². The molecule has 856 valence electrons. The maximum absolute atomic E-state index is 10.1. The van der Waals surface area contributed by atoms with E-state index < -0.39 is 0 Å². The first-order valence-electron chi connectivity index (χ1n) is 57.7. The zero-order chi connectivity index (χ0) is 103. The summed E-state index contributed by atoms with van der Waals surface area (Å²) in [5.41, 5.74) is 3.16. The minimum Gasteiger partial charge on any atom is -0.486 e. The van der Waals surface area contributed by atoms with Crippen molar-refractivity contribution in [2.24, 2.45) is 23.7 Å². The lowest BCUT2D eigenvalue weighted by Crippen LogP contribution is -2.42. The molecule has 16 heterocycles. The van der Waals surface area contributed by atoms with Gasteiger partial charge >= 0.3 is 0 Å². The number of thioether (sulfide) groups is 2. The molecule has 0 aromatic heterocycles. The number of hydrogen-bond acceptors (Lipinski definition) is 21. The maximum Gasteiger partial charge on any atom is 0.209 e. The molecule has 2 bridgehead atoms. The van der Waals surface area contributed by atoms with Gasteiger partial charge in [-0.05, 0) is 234 Å². The molecule has 20 nitrogen and oxygen atoms in total. The fourth-order valence-corrected chi connectivity index (χ4v) is 16.1. The molecule has 22 heteroatoms. The number of morpholine rings is 1. The van der Waals surface area contributed by atoms with Crippen molar-refractivity contribution in [1.29, 1.82) is 0 Å². The Balaban J connectivity index is -0.0000000903. The third-order valence-corrected chi connectivity index (χ3v) is 22.9. The van der Waals surface area contributed by atoms with Crippen LogP contribution in [0.2, 0.25) is 0 Å². The Morgan fingerprint density at radius 2 is 0.557 bits per heavy atom. The zero-order valence-corrected chi connectivity index (χ0v) is 97.5. The van der Waals surface area contributed by atoms with E-state index in [-0.39, 0.29) is 37.1 Å². The van der Waals surface area contributed by atoms with E-state index in [2.05, 4.69) is 89.2 Å². The largest absolute Gasteiger partial charge is 0.486 e.